The monoisotopic (exact) mass is 310 g/mol. The van der Waals surface area contributed by atoms with Gasteiger partial charge in [-0.15, -0.1) is 5.10 Å². The lowest BCUT2D eigenvalue weighted by Gasteiger charge is -2.33. The summed E-state index contributed by atoms with van der Waals surface area (Å²) < 4.78 is 0. The van der Waals surface area contributed by atoms with E-state index in [0.717, 1.165) is 57.1 Å². The molecule has 1 aromatic heterocycles. The first kappa shape index (κ1) is 13.9. The summed E-state index contributed by atoms with van der Waals surface area (Å²) in [5.41, 5.74) is 2.48. The molecule has 1 fully saturated rings. The fourth-order valence-electron chi connectivity index (χ4n) is 3.15. The highest BCUT2D eigenvalue weighted by atomic mass is 16.1. The number of hydrogen-bond donors (Lipinski definition) is 0. The molecule has 1 amide bonds. The number of anilines is 3. The number of para-hydroxylation sites is 1. The predicted octanol–water partition coefficient (Wildman–Crippen LogP) is 0.844. The Morgan fingerprint density at radius 1 is 1.04 bits per heavy atom. The van der Waals surface area contributed by atoms with Crippen molar-refractivity contribution in [3.05, 3.63) is 36.0 Å². The molecule has 0 N–H and O–H groups in total. The number of amides is 1. The zero-order valence-electron chi connectivity index (χ0n) is 12.8. The van der Waals surface area contributed by atoms with Crippen molar-refractivity contribution in [2.45, 2.75) is 6.42 Å². The van der Waals surface area contributed by atoms with Gasteiger partial charge in [0.1, 0.15) is 0 Å². The molecule has 0 atom stereocenters. The zero-order valence-corrected chi connectivity index (χ0v) is 12.8. The fraction of sp³-hybridized carbons (Fsp3) is 0.375. The molecule has 0 bridgehead atoms. The van der Waals surface area contributed by atoms with E-state index < -0.39 is 0 Å². The van der Waals surface area contributed by atoms with Crippen LogP contribution in [0.5, 0.6) is 0 Å². The summed E-state index contributed by atoms with van der Waals surface area (Å²) in [6.07, 6.45) is 3.60. The van der Waals surface area contributed by atoms with E-state index in [2.05, 4.69) is 38.2 Å². The number of aromatic nitrogens is 3. The molecule has 3 heterocycles. The Labute approximate surface area is 134 Å². The molecule has 7 heteroatoms. The largest absolute Gasteiger partial charge is 0.352 e. The second kappa shape index (κ2) is 5.83. The molecular weight excluding hydrogens is 292 g/mol. The van der Waals surface area contributed by atoms with Crippen LogP contribution >= 0.6 is 0 Å². The Bertz CT molecular complexity index is 713. The molecule has 2 aliphatic rings. The van der Waals surface area contributed by atoms with Gasteiger partial charge in [0.25, 0.3) is 5.95 Å². The van der Waals surface area contributed by atoms with Crippen LogP contribution in [0.1, 0.15) is 5.56 Å². The van der Waals surface area contributed by atoms with E-state index in [4.69, 9.17) is 4.98 Å². The summed E-state index contributed by atoms with van der Waals surface area (Å²) in [4.78, 5) is 21.6. The Morgan fingerprint density at radius 2 is 1.87 bits per heavy atom. The summed E-state index contributed by atoms with van der Waals surface area (Å²) in [6.45, 7) is 3.86. The number of carbonyl (C=O) groups excluding carboxylic acids is 1. The molecule has 0 unspecified atom stereocenters. The van der Waals surface area contributed by atoms with Crippen molar-refractivity contribution in [1.82, 2.24) is 20.1 Å². The minimum absolute atomic E-state index is 0.644. The van der Waals surface area contributed by atoms with Gasteiger partial charge in [-0.25, -0.2) is 0 Å². The first-order valence-electron chi connectivity index (χ1n) is 7.84. The van der Waals surface area contributed by atoms with Gasteiger partial charge in [0.15, 0.2) is 5.82 Å². The van der Waals surface area contributed by atoms with Crippen LogP contribution < -0.4 is 9.80 Å². The van der Waals surface area contributed by atoms with Gasteiger partial charge in [-0.2, -0.15) is 10.1 Å². The molecule has 4 rings (SSSR count). The van der Waals surface area contributed by atoms with Crippen molar-refractivity contribution in [1.29, 1.82) is 0 Å². The molecule has 2 aliphatic heterocycles. The number of carbonyl (C=O) groups is 1. The lowest BCUT2D eigenvalue weighted by molar-refractivity contribution is -0.118. The van der Waals surface area contributed by atoms with Crippen molar-refractivity contribution in [3.8, 4) is 0 Å². The van der Waals surface area contributed by atoms with Gasteiger partial charge in [-0.1, -0.05) is 18.2 Å². The molecule has 0 radical (unpaired) electrons. The number of fused-ring (bicyclic) bond motifs is 1. The summed E-state index contributed by atoms with van der Waals surface area (Å²) >= 11 is 0. The summed E-state index contributed by atoms with van der Waals surface area (Å²) in [7, 11) is 0. The van der Waals surface area contributed by atoms with Crippen LogP contribution in [0.15, 0.2) is 30.5 Å². The predicted molar refractivity (Wildman–Crippen MR) is 86.8 cm³/mol. The van der Waals surface area contributed by atoms with Crippen LogP contribution in [0.4, 0.5) is 17.5 Å². The molecule has 2 aromatic rings. The smallest absolute Gasteiger partial charge is 0.251 e. The molecule has 0 saturated carbocycles. The first-order valence-corrected chi connectivity index (χ1v) is 7.84. The molecule has 1 saturated heterocycles. The summed E-state index contributed by atoms with van der Waals surface area (Å²) in [6, 6.07) is 8.34. The third-order valence-electron chi connectivity index (χ3n) is 4.45. The third-order valence-corrected chi connectivity index (χ3v) is 4.45. The number of rotatable bonds is 3. The lowest BCUT2D eigenvalue weighted by atomic mass is 10.2. The molecule has 0 spiro atoms. The average Bonchev–Trinajstić information content (AvgIpc) is 3.06. The van der Waals surface area contributed by atoms with E-state index in [-0.39, 0.29) is 0 Å². The number of hydrogen-bond acceptors (Lipinski definition) is 6. The maximum Gasteiger partial charge on any atom is 0.251 e. The quantitative estimate of drug-likeness (QED) is 0.783. The zero-order chi connectivity index (χ0) is 15.6. The third kappa shape index (κ3) is 2.58. The van der Waals surface area contributed by atoms with E-state index in [1.807, 2.05) is 6.07 Å². The normalized spacial score (nSPS) is 17.3. The molecular formula is C16H18N6O. The van der Waals surface area contributed by atoms with Crippen molar-refractivity contribution >= 4 is 23.9 Å². The van der Waals surface area contributed by atoms with E-state index in [0.29, 0.717) is 5.95 Å². The minimum atomic E-state index is 0.644. The van der Waals surface area contributed by atoms with E-state index in [9.17, 15) is 4.79 Å². The highest BCUT2D eigenvalue weighted by molar-refractivity contribution is 5.66. The van der Waals surface area contributed by atoms with E-state index >= 15 is 0 Å². The van der Waals surface area contributed by atoms with Crippen LogP contribution in [-0.4, -0.2) is 59.2 Å². The van der Waals surface area contributed by atoms with Crippen molar-refractivity contribution < 1.29 is 4.79 Å². The van der Waals surface area contributed by atoms with Crippen LogP contribution in [0, 0.1) is 0 Å². The topological polar surface area (TPSA) is 65.5 Å². The Hall–Kier alpha value is -2.70. The maximum atomic E-state index is 10.8. The second-order valence-electron chi connectivity index (χ2n) is 5.77. The fourth-order valence-corrected chi connectivity index (χ4v) is 3.15. The molecule has 0 aliphatic carbocycles. The molecule has 7 nitrogen and oxygen atoms in total. The lowest BCUT2D eigenvalue weighted by Crippen LogP contribution is -2.46. The standard InChI is InChI=1S/C16H18N6O/c23-12-20-7-9-21(10-8-20)15-11-17-19-16(18-15)22-6-5-13-3-1-2-4-14(13)22/h1-4,11-12H,5-10H2. The molecule has 118 valence electrons. The Morgan fingerprint density at radius 3 is 2.70 bits per heavy atom. The Kier molecular flexibility index (Phi) is 3.53. The highest BCUT2D eigenvalue weighted by Crippen LogP contribution is 2.32. The summed E-state index contributed by atoms with van der Waals surface area (Å²) in [5.74, 6) is 1.47. The number of nitrogens with zero attached hydrogens (tertiary/aromatic N) is 6. The highest BCUT2D eigenvalue weighted by Gasteiger charge is 2.24. The van der Waals surface area contributed by atoms with Crippen LogP contribution in [0.2, 0.25) is 0 Å². The van der Waals surface area contributed by atoms with Gasteiger partial charge in [0.2, 0.25) is 6.41 Å². The van der Waals surface area contributed by atoms with E-state index in [1.165, 1.54) is 5.56 Å². The minimum Gasteiger partial charge on any atom is -0.352 e. The SMILES string of the molecule is O=CN1CCN(c2cnnc(N3CCc4ccccc43)n2)CC1. The van der Waals surface area contributed by atoms with Crippen LogP contribution in [-0.2, 0) is 11.2 Å². The van der Waals surface area contributed by atoms with Gasteiger partial charge >= 0.3 is 0 Å². The van der Waals surface area contributed by atoms with Crippen molar-refractivity contribution in [3.63, 3.8) is 0 Å². The molecule has 1 aromatic carbocycles. The van der Waals surface area contributed by atoms with Gasteiger partial charge in [-0.3, -0.25) is 4.79 Å². The van der Waals surface area contributed by atoms with E-state index in [1.54, 1.807) is 11.1 Å². The van der Waals surface area contributed by atoms with Gasteiger partial charge < -0.3 is 14.7 Å². The Balaban J connectivity index is 1.57. The molecule has 23 heavy (non-hydrogen) atoms. The first-order chi connectivity index (χ1) is 11.3. The van der Waals surface area contributed by atoms with Gasteiger partial charge in [0, 0.05) is 38.4 Å². The number of benzene rings is 1. The van der Waals surface area contributed by atoms with Crippen LogP contribution in [0.3, 0.4) is 0 Å². The van der Waals surface area contributed by atoms with Gasteiger partial charge in [0.05, 0.1) is 6.20 Å². The second-order valence-corrected chi connectivity index (χ2v) is 5.77. The average molecular weight is 310 g/mol. The summed E-state index contributed by atoms with van der Waals surface area (Å²) in [5, 5.41) is 8.36. The number of piperazine rings is 1. The maximum absolute atomic E-state index is 10.8. The van der Waals surface area contributed by atoms with Crippen LogP contribution in [0.25, 0.3) is 0 Å². The van der Waals surface area contributed by atoms with Crippen molar-refractivity contribution in [2.24, 2.45) is 0 Å². The van der Waals surface area contributed by atoms with Gasteiger partial charge in [-0.05, 0) is 18.1 Å². The van der Waals surface area contributed by atoms with Crippen molar-refractivity contribution in [2.75, 3.05) is 42.5 Å².